The number of rotatable bonds is 2. The number of fused-ring (bicyclic) bond motifs is 1. The molecule has 3 heterocycles. The standard InChI is InChI=1S/C16H11N3O/c1-2-4-12(5-3-1)13-6-7-19-14(9-18-16(19)8-13)15-10-17-11-20-15/h1-11H. The Kier molecular flexibility index (Phi) is 2.39. The predicted octanol–water partition coefficient (Wildman–Crippen LogP) is 3.66. The Bertz CT molecular complexity index is 848. The van der Waals surface area contributed by atoms with Crippen LogP contribution in [-0.4, -0.2) is 14.4 Å². The number of nitrogens with zero attached hydrogens (tertiary/aromatic N) is 3. The summed E-state index contributed by atoms with van der Waals surface area (Å²) in [6.45, 7) is 0. The quantitative estimate of drug-likeness (QED) is 0.553. The molecule has 0 aliphatic carbocycles. The number of aromatic nitrogens is 3. The zero-order valence-electron chi connectivity index (χ0n) is 10.6. The molecule has 0 spiro atoms. The van der Waals surface area contributed by atoms with E-state index >= 15 is 0 Å². The molecule has 3 aromatic heterocycles. The Morgan fingerprint density at radius 2 is 1.85 bits per heavy atom. The largest absolute Gasteiger partial charge is 0.442 e. The van der Waals surface area contributed by atoms with Gasteiger partial charge in [0.25, 0.3) is 0 Å². The monoisotopic (exact) mass is 261 g/mol. The van der Waals surface area contributed by atoms with Crippen molar-refractivity contribution in [1.29, 1.82) is 0 Å². The van der Waals surface area contributed by atoms with Gasteiger partial charge in [0, 0.05) is 6.20 Å². The highest BCUT2D eigenvalue weighted by Gasteiger charge is 2.09. The van der Waals surface area contributed by atoms with Gasteiger partial charge in [0.2, 0.25) is 0 Å². The second-order valence-corrected chi connectivity index (χ2v) is 4.52. The van der Waals surface area contributed by atoms with Crippen molar-refractivity contribution in [2.75, 3.05) is 0 Å². The Morgan fingerprint density at radius 3 is 2.65 bits per heavy atom. The summed E-state index contributed by atoms with van der Waals surface area (Å²) in [6, 6.07) is 14.4. The van der Waals surface area contributed by atoms with Crippen LogP contribution in [0.4, 0.5) is 0 Å². The van der Waals surface area contributed by atoms with E-state index in [4.69, 9.17) is 4.42 Å². The molecule has 0 aliphatic rings. The van der Waals surface area contributed by atoms with Crippen molar-refractivity contribution in [3.63, 3.8) is 0 Å². The van der Waals surface area contributed by atoms with Crippen LogP contribution >= 0.6 is 0 Å². The van der Waals surface area contributed by atoms with Gasteiger partial charge in [-0.2, -0.15) is 0 Å². The minimum absolute atomic E-state index is 0.713. The molecule has 0 aliphatic heterocycles. The highest BCUT2D eigenvalue weighted by molar-refractivity contribution is 5.69. The predicted molar refractivity (Wildman–Crippen MR) is 76.1 cm³/mol. The Hall–Kier alpha value is -2.88. The highest BCUT2D eigenvalue weighted by Crippen LogP contribution is 2.24. The number of imidazole rings is 1. The van der Waals surface area contributed by atoms with E-state index in [9.17, 15) is 0 Å². The lowest BCUT2D eigenvalue weighted by Crippen LogP contribution is -1.88. The summed E-state index contributed by atoms with van der Waals surface area (Å²) in [6.07, 6.45) is 6.91. The first-order valence-corrected chi connectivity index (χ1v) is 6.33. The average molecular weight is 261 g/mol. The Labute approximate surface area is 115 Å². The van der Waals surface area contributed by atoms with Crippen LogP contribution in [0, 0.1) is 0 Å². The number of pyridine rings is 1. The molecular formula is C16H11N3O. The molecule has 4 rings (SSSR count). The van der Waals surface area contributed by atoms with Gasteiger partial charge in [-0.1, -0.05) is 30.3 Å². The van der Waals surface area contributed by atoms with Crippen molar-refractivity contribution < 1.29 is 4.42 Å². The second-order valence-electron chi connectivity index (χ2n) is 4.52. The summed E-state index contributed by atoms with van der Waals surface area (Å²) >= 11 is 0. The van der Waals surface area contributed by atoms with E-state index in [1.807, 2.05) is 28.8 Å². The van der Waals surface area contributed by atoms with Crippen molar-refractivity contribution in [3.8, 4) is 22.6 Å². The van der Waals surface area contributed by atoms with Crippen molar-refractivity contribution in [1.82, 2.24) is 14.4 Å². The number of hydrogen-bond donors (Lipinski definition) is 0. The molecule has 0 unspecified atom stereocenters. The minimum Gasteiger partial charge on any atom is -0.442 e. The lowest BCUT2D eigenvalue weighted by Gasteiger charge is -2.03. The molecular weight excluding hydrogens is 250 g/mol. The van der Waals surface area contributed by atoms with E-state index in [-0.39, 0.29) is 0 Å². The van der Waals surface area contributed by atoms with Crippen LogP contribution in [0.2, 0.25) is 0 Å². The molecule has 20 heavy (non-hydrogen) atoms. The van der Waals surface area contributed by atoms with Crippen molar-refractivity contribution >= 4 is 5.65 Å². The van der Waals surface area contributed by atoms with E-state index in [1.165, 1.54) is 12.0 Å². The lowest BCUT2D eigenvalue weighted by atomic mass is 10.1. The SMILES string of the molecule is c1ccc(-c2ccn3c(-c4cnco4)cnc3c2)cc1. The topological polar surface area (TPSA) is 43.3 Å². The minimum atomic E-state index is 0.713. The van der Waals surface area contributed by atoms with Gasteiger partial charge < -0.3 is 4.42 Å². The van der Waals surface area contributed by atoms with Crippen LogP contribution in [0.1, 0.15) is 0 Å². The fourth-order valence-corrected chi connectivity index (χ4v) is 2.32. The summed E-state index contributed by atoms with van der Waals surface area (Å²) in [5, 5.41) is 0. The van der Waals surface area contributed by atoms with Crippen LogP contribution in [0.25, 0.3) is 28.2 Å². The van der Waals surface area contributed by atoms with Crippen LogP contribution in [0.5, 0.6) is 0 Å². The lowest BCUT2D eigenvalue weighted by molar-refractivity contribution is 0.569. The molecule has 0 radical (unpaired) electrons. The molecule has 0 saturated carbocycles. The molecule has 0 fully saturated rings. The normalized spacial score (nSPS) is 11.0. The zero-order valence-corrected chi connectivity index (χ0v) is 10.6. The maximum absolute atomic E-state index is 5.33. The molecule has 4 aromatic rings. The van der Waals surface area contributed by atoms with E-state index in [0.717, 1.165) is 16.9 Å². The van der Waals surface area contributed by atoms with Crippen LogP contribution in [0.15, 0.2) is 71.9 Å². The van der Waals surface area contributed by atoms with Gasteiger partial charge in [-0.05, 0) is 23.3 Å². The van der Waals surface area contributed by atoms with Gasteiger partial charge >= 0.3 is 0 Å². The highest BCUT2D eigenvalue weighted by atomic mass is 16.3. The van der Waals surface area contributed by atoms with E-state index < -0.39 is 0 Å². The maximum atomic E-state index is 5.33. The average Bonchev–Trinajstić information content (AvgIpc) is 3.16. The first-order valence-electron chi connectivity index (χ1n) is 6.33. The molecule has 0 amide bonds. The summed E-state index contributed by atoms with van der Waals surface area (Å²) in [5.41, 5.74) is 4.11. The maximum Gasteiger partial charge on any atom is 0.181 e. The second kappa shape index (κ2) is 4.35. The van der Waals surface area contributed by atoms with Crippen molar-refractivity contribution in [2.24, 2.45) is 0 Å². The number of oxazole rings is 1. The molecule has 96 valence electrons. The summed E-state index contributed by atoms with van der Waals surface area (Å²) in [4.78, 5) is 8.38. The van der Waals surface area contributed by atoms with Gasteiger partial charge in [-0.3, -0.25) is 4.40 Å². The van der Waals surface area contributed by atoms with Gasteiger partial charge in [-0.25, -0.2) is 9.97 Å². The Balaban J connectivity index is 1.87. The molecule has 0 N–H and O–H groups in total. The van der Waals surface area contributed by atoms with E-state index in [2.05, 4.69) is 34.2 Å². The van der Waals surface area contributed by atoms with Crippen LogP contribution < -0.4 is 0 Å². The molecule has 1 aromatic carbocycles. The third kappa shape index (κ3) is 1.70. The molecule has 0 atom stereocenters. The summed E-state index contributed by atoms with van der Waals surface area (Å²) < 4.78 is 7.32. The van der Waals surface area contributed by atoms with Crippen LogP contribution in [0.3, 0.4) is 0 Å². The van der Waals surface area contributed by atoms with Crippen molar-refractivity contribution in [2.45, 2.75) is 0 Å². The fraction of sp³-hybridized carbons (Fsp3) is 0. The first kappa shape index (κ1) is 11.0. The zero-order chi connectivity index (χ0) is 13.4. The van der Waals surface area contributed by atoms with Crippen molar-refractivity contribution in [3.05, 3.63) is 67.4 Å². The van der Waals surface area contributed by atoms with Gasteiger partial charge in [0.1, 0.15) is 11.3 Å². The third-order valence-corrected chi connectivity index (χ3v) is 3.31. The van der Waals surface area contributed by atoms with E-state index in [1.54, 1.807) is 12.4 Å². The van der Waals surface area contributed by atoms with Gasteiger partial charge in [0.15, 0.2) is 12.2 Å². The Morgan fingerprint density at radius 1 is 0.950 bits per heavy atom. The molecule has 4 heteroatoms. The fourth-order valence-electron chi connectivity index (χ4n) is 2.32. The van der Waals surface area contributed by atoms with E-state index in [0.29, 0.717) is 5.76 Å². The molecule has 4 nitrogen and oxygen atoms in total. The molecule has 0 bridgehead atoms. The number of hydrogen-bond acceptors (Lipinski definition) is 3. The smallest absolute Gasteiger partial charge is 0.181 e. The molecule has 0 saturated heterocycles. The number of benzene rings is 1. The van der Waals surface area contributed by atoms with Gasteiger partial charge in [0.05, 0.1) is 12.4 Å². The van der Waals surface area contributed by atoms with Gasteiger partial charge in [-0.15, -0.1) is 0 Å². The van der Waals surface area contributed by atoms with Crippen LogP contribution in [-0.2, 0) is 0 Å². The summed E-state index contributed by atoms with van der Waals surface area (Å²) in [7, 11) is 0. The third-order valence-electron chi connectivity index (χ3n) is 3.31. The summed E-state index contributed by atoms with van der Waals surface area (Å²) in [5.74, 6) is 0.713. The first-order chi connectivity index (χ1) is 9.92.